The van der Waals surface area contributed by atoms with E-state index in [1.54, 1.807) is 6.08 Å². The molecule has 0 unspecified atom stereocenters. The maximum Gasteiger partial charge on any atom is 0.243 e. The first-order valence-electron chi connectivity index (χ1n) is 9.01. The van der Waals surface area contributed by atoms with Crippen LogP contribution in [0, 0.1) is 0 Å². The number of likely N-dealkylation sites (N-methyl/N-ethyl adjacent to an activating group) is 1. The summed E-state index contributed by atoms with van der Waals surface area (Å²) in [6.07, 6.45) is 8.03. The molecule has 2 rings (SSSR count). The van der Waals surface area contributed by atoms with Gasteiger partial charge in [-0.15, -0.1) is 0 Å². The van der Waals surface area contributed by atoms with Crippen molar-refractivity contribution in [2.24, 2.45) is 0 Å². The third-order valence-corrected chi connectivity index (χ3v) is 4.46. The van der Waals surface area contributed by atoms with E-state index in [4.69, 9.17) is 0 Å². The van der Waals surface area contributed by atoms with Gasteiger partial charge in [0.1, 0.15) is 0 Å². The van der Waals surface area contributed by atoms with E-state index in [1.807, 2.05) is 25.1 Å². The lowest BCUT2D eigenvalue weighted by Crippen LogP contribution is -2.44. The van der Waals surface area contributed by atoms with E-state index in [1.165, 1.54) is 12.0 Å². The molecule has 1 saturated heterocycles. The SMILES string of the molecule is CN(C)C/C=C/C(=O)NC1CCN(CCCc2ccccc2)CC1. The van der Waals surface area contributed by atoms with Crippen molar-refractivity contribution >= 4 is 5.91 Å². The van der Waals surface area contributed by atoms with E-state index in [9.17, 15) is 4.79 Å². The summed E-state index contributed by atoms with van der Waals surface area (Å²) in [6, 6.07) is 11.0. The number of rotatable bonds is 8. The molecule has 1 N–H and O–H groups in total. The number of benzene rings is 1. The molecule has 0 aliphatic carbocycles. The number of likely N-dealkylation sites (tertiary alicyclic amines) is 1. The second kappa shape index (κ2) is 10.3. The van der Waals surface area contributed by atoms with E-state index >= 15 is 0 Å². The van der Waals surface area contributed by atoms with E-state index < -0.39 is 0 Å². The molecule has 4 heteroatoms. The Morgan fingerprint density at radius 2 is 1.96 bits per heavy atom. The van der Waals surface area contributed by atoms with Crippen LogP contribution in [-0.4, -0.2) is 62.0 Å². The van der Waals surface area contributed by atoms with Gasteiger partial charge in [0.15, 0.2) is 0 Å². The molecule has 0 aromatic heterocycles. The Kier molecular flexibility index (Phi) is 7.99. The Morgan fingerprint density at radius 1 is 1.25 bits per heavy atom. The fourth-order valence-electron chi connectivity index (χ4n) is 3.07. The molecule has 1 aliphatic rings. The fraction of sp³-hybridized carbons (Fsp3) is 0.550. The molecule has 24 heavy (non-hydrogen) atoms. The first-order chi connectivity index (χ1) is 11.6. The van der Waals surface area contributed by atoms with Crippen molar-refractivity contribution < 1.29 is 4.79 Å². The summed E-state index contributed by atoms with van der Waals surface area (Å²) in [5, 5.41) is 3.12. The summed E-state index contributed by atoms with van der Waals surface area (Å²) in [5.74, 6) is 0.0411. The van der Waals surface area contributed by atoms with Gasteiger partial charge in [-0.3, -0.25) is 4.79 Å². The molecule has 1 aliphatic heterocycles. The third kappa shape index (κ3) is 7.28. The molecule has 0 bridgehead atoms. The smallest absolute Gasteiger partial charge is 0.243 e. The van der Waals surface area contributed by atoms with Gasteiger partial charge in [0, 0.05) is 31.8 Å². The van der Waals surface area contributed by atoms with Gasteiger partial charge in [0.2, 0.25) is 5.91 Å². The molecular weight excluding hydrogens is 298 g/mol. The minimum atomic E-state index is 0.0411. The van der Waals surface area contributed by atoms with Crippen LogP contribution in [0.15, 0.2) is 42.5 Å². The summed E-state index contributed by atoms with van der Waals surface area (Å²) in [5.41, 5.74) is 1.42. The van der Waals surface area contributed by atoms with Crippen LogP contribution in [-0.2, 0) is 11.2 Å². The standard InChI is InChI=1S/C20H31N3O/c1-22(2)14-7-11-20(24)21-19-12-16-23(17-13-19)15-6-10-18-8-4-3-5-9-18/h3-5,7-9,11,19H,6,10,12-17H2,1-2H3,(H,21,24)/b11-7+. The molecule has 4 nitrogen and oxygen atoms in total. The van der Waals surface area contributed by atoms with Crippen molar-refractivity contribution in [2.75, 3.05) is 40.3 Å². The molecule has 0 radical (unpaired) electrons. The lowest BCUT2D eigenvalue weighted by atomic mass is 10.0. The lowest BCUT2D eigenvalue weighted by Gasteiger charge is -2.32. The summed E-state index contributed by atoms with van der Waals surface area (Å²) in [7, 11) is 3.99. The Morgan fingerprint density at radius 3 is 2.62 bits per heavy atom. The summed E-state index contributed by atoms with van der Waals surface area (Å²) >= 11 is 0. The Bertz CT molecular complexity index is 505. The van der Waals surface area contributed by atoms with Crippen molar-refractivity contribution in [2.45, 2.75) is 31.7 Å². The predicted molar refractivity (Wildman–Crippen MR) is 100 cm³/mol. The van der Waals surface area contributed by atoms with Gasteiger partial charge in [-0.25, -0.2) is 0 Å². The van der Waals surface area contributed by atoms with Crippen molar-refractivity contribution in [3.8, 4) is 0 Å². The zero-order valence-electron chi connectivity index (χ0n) is 15.1. The maximum atomic E-state index is 11.9. The lowest BCUT2D eigenvalue weighted by molar-refractivity contribution is -0.117. The van der Waals surface area contributed by atoms with Crippen LogP contribution in [0.25, 0.3) is 0 Å². The second-order valence-electron chi connectivity index (χ2n) is 6.88. The Hall–Kier alpha value is -1.65. The zero-order chi connectivity index (χ0) is 17.2. The number of piperidine rings is 1. The highest BCUT2D eigenvalue weighted by atomic mass is 16.1. The van der Waals surface area contributed by atoms with Gasteiger partial charge in [0.25, 0.3) is 0 Å². The van der Waals surface area contributed by atoms with Crippen molar-refractivity contribution in [1.82, 2.24) is 15.1 Å². The molecule has 0 saturated carbocycles. The molecular formula is C20H31N3O. The topological polar surface area (TPSA) is 35.6 Å². The molecule has 0 atom stereocenters. The Labute approximate surface area is 146 Å². The number of nitrogens with zero attached hydrogens (tertiary/aromatic N) is 2. The number of hydrogen-bond donors (Lipinski definition) is 1. The van der Waals surface area contributed by atoms with E-state index in [2.05, 4.69) is 40.5 Å². The van der Waals surface area contributed by atoms with Crippen LogP contribution in [0.4, 0.5) is 0 Å². The van der Waals surface area contributed by atoms with Crippen LogP contribution in [0.5, 0.6) is 0 Å². The summed E-state index contributed by atoms with van der Waals surface area (Å²) in [6.45, 7) is 4.12. The predicted octanol–water partition coefficient (Wildman–Crippen LogP) is 2.32. The quantitative estimate of drug-likeness (QED) is 0.744. The fourth-order valence-corrected chi connectivity index (χ4v) is 3.07. The second-order valence-corrected chi connectivity index (χ2v) is 6.88. The number of hydrogen-bond acceptors (Lipinski definition) is 3. The largest absolute Gasteiger partial charge is 0.350 e. The van der Waals surface area contributed by atoms with Gasteiger partial charge in [-0.05, 0) is 51.9 Å². The van der Waals surface area contributed by atoms with Gasteiger partial charge >= 0.3 is 0 Å². The van der Waals surface area contributed by atoms with Crippen LogP contribution < -0.4 is 5.32 Å². The average Bonchev–Trinajstić information content (AvgIpc) is 2.57. The summed E-state index contributed by atoms with van der Waals surface area (Å²) < 4.78 is 0. The molecule has 1 heterocycles. The van der Waals surface area contributed by atoms with Gasteiger partial charge < -0.3 is 15.1 Å². The highest BCUT2D eigenvalue weighted by Gasteiger charge is 2.19. The number of aryl methyl sites for hydroxylation is 1. The molecule has 1 amide bonds. The zero-order valence-corrected chi connectivity index (χ0v) is 15.1. The maximum absolute atomic E-state index is 11.9. The number of carbonyl (C=O) groups excluding carboxylic acids is 1. The monoisotopic (exact) mass is 329 g/mol. The van der Waals surface area contributed by atoms with E-state index in [0.29, 0.717) is 6.04 Å². The van der Waals surface area contributed by atoms with Gasteiger partial charge in [0.05, 0.1) is 0 Å². The van der Waals surface area contributed by atoms with Gasteiger partial charge in [-0.1, -0.05) is 36.4 Å². The number of nitrogens with one attached hydrogen (secondary N) is 1. The average molecular weight is 329 g/mol. The van der Waals surface area contributed by atoms with Crippen LogP contribution in [0.2, 0.25) is 0 Å². The molecule has 0 spiro atoms. The number of amides is 1. The van der Waals surface area contributed by atoms with Crippen molar-refractivity contribution in [3.63, 3.8) is 0 Å². The van der Waals surface area contributed by atoms with Crippen LogP contribution in [0.3, 0.4) is 0 Å². The molecule has 1 aromatic rings. The van der Waals surface area contributed by atoms with Crippen LogP contribution in [0.1, 0.15) is 24.8 Å². The molecule has 132 valence electrons. The first-order valence-corrected chi connectivity index (χ1v) is 9.01. The normalized spacial score (nSPS) is 16.8. The van der Waals surface area contributed by atoms with E-state index in [0.717, 1.165) is 45.4 Å². The first kappa shape index (κ1) is 18.7. The van der Waals surface area contributed by atoms with Gasteiger partial charge in [-0.2, -0.15) is 0 Å². The van der Waals surface area contributed by atoms with Crippen molar-refractivity contribution in [3.05, 3.63) is 48.0 Å². The minimum absolute atomic E-state index is 0.0411. The molecule has 1 aromatic carbocycles. The Balaban J connectivity index is 1.59. The minimum Gasteiger partial charge on any atom is -0.350 e. The highest BCUT2D eigenvalue weighted by molar-refractivity contribution is 5.87. The van der Waals surface area contributed by atoms with Crippen LogP contribution >= 0.6 is 0 Å². The highest BCUT2D eigenvalue weighted by Crippen LogP contribution is 2.12. The molecule has 1 fully saturated rings. The van der Waals surface area contributed by atoms with Crippen molar-refractivity contribution in [1.29, 1.82) is 0 Å². The third-order valence-electron chi connectivity index (χ3n) is 4.46. The number of carbonyl (C=O) groups is 1. The summed E-state index contributed by atoms with van der Waals surface area (Å²) in [4.78, 5) is 16.4. The van der Waals surface area contributed by atoms with E-state index in [-0.39, 0.29) is 5.91 Å².